The fraction of sp³-hybridized carbons (Fsp3) is 0.429. The van der Waals surface area contributed by atoms with Gasteiger partial charge in [-0.05, 0) is 60.2 Å². The minimum absolute atomic E-state index is 0.00407. The number of amides is 2. The molecule has 4 atom stereocenters. The number of benzene rings is 3. The first kappa shape index (κ1) is 32.6. The number of carbonyl (C=O) groups excluding carboxylic acids is 2. The van der Waals surface area contributed by atoms with Crippen LogP contribution in [0.1, 0.15) is 60.8 Å². The van der Waals surface area contributed by atoms with Crippen molar-refractivity contribution >= 4 is 12.0 Å². The molecule has 10 nitrogen and oxygen atoms in total. The Morgan fingerprint density at radius 2 is 1.71 bits per heavy atom. The Kier molecular flexibility index (Phi) is 11.6. The van der Waals surface area contributed by atoms with Gasteiger partial charge < -0.3 is 35.1 Å². The number of hydrogen-bond acceptors (Lipinski definition) is 8. The molecular formula is C35H43N3O7. The zero-order valence-electron chi connectivity index (χ0n) is 25.7. The second-order valence-corrected chi connectivity index (χ2v) is 11.5. The number of esters is 1. The Labute approximate surface area is 264 Å². The van der Waals surface area contributed by atoms with E-state index in [1.54, 1.807) is 6.92 Å². The van der Waals surface area contributed by atoms with Crippen molar-refractivity contribution in [2.75, 3.05) is 32.8 Å². The molecule has 2 amide bonds. The Balaban J connectivity index is 1.25. The van der Waals surface area contributed by atoms with E-state index >= 15 is 0 Å². The van der Waals surface area contributed by atoms with Crippen LogP contribution in [0.2, 0.25) is 0 Å². The fourth-order valence-corrected chi connectivity index (χ4v) is 5.94. The van der Waals surface area contributed by atoms with Gasteiger partial charge in [0.15, 0.2) is 6.29 Å². The number of aliphatic hydroxyl groups is 2. The summed E-state index contributed by atoms with van der Waals surface area (Å²) in [5, 5.41) is 24.6. The molecule has 10 heteroatoms. The van der Waals surface area contributed by atoms with Crippen LogP contribution in [-0.4, -0.2) is 72.1 Å². The summed E-state index contributed by atoms with van der Waals surface area (Å²) in [5.41, 5.74) is 5.75. The summed E-state index contributed by atoms with van der Waals surface area (Å²) >= 11 is 0. The molecule has 3 aromatic carbocycles. The molecule has 2 saturated heterocycles. The van der Waals surface area contributed by atoms with E-state index in [4.69, 9.17) is 14.2 Å². The first-order valence-corrected chi connectivity index (χ1v) is 15.7. The van der Waals surface area contributed by atoms with Crippen LogP contribution >= 0.6 is 0 Å². The van der Waals surface area contributed by atoms with Gasteiger partial charge in [0.2, 0.25) is 0 Å². The van der Waals surface area contributed by atoms with Crippen LogP contribution in [0.5, 0.6) is 0 Å². The molecule has 5 rings (SSSR count). The van der Waals surface area contributed by atoms with E-state index in [-0.39, 0.29) is 44.6 Å². The van der Waals surface area contributed by atoms with Gasteiger partial charge in [-0.2, -0.15) is 0 Å². The lowest BCUT2D eigenvalue weighted by Gasteiger charge is -2.38. The van der Waals surface area contributed by atoms with Gasteiger partial charge in [0, 0.05) is 31.1 Å². The zero-order valence-corrected chi connectivity index (χ0v) is 25.7. The van der Waals surface area contributed by atoms with E-state index in [1.165, 1.54) is 0 Å². The summed E-state index contributed by atoms with van der Waals surface area (Å²) in [4.78, 5) is 25.9. The Bertz CT molecular complexity index is 1400. The number of aliphatic hydroxyl groups excluding tert-OH is 2. The monoisotopic (exact) mass is 617 g/mol. The highest BCUT2D eigenvalue weighted by Gasteiger charge is 2.35. The van der Waals surface area contributed by atoms with Gasteiger partial charge in [-0.1, -0.05) is 66.7 Å². The molecule has 45 heavy (non-hydrogen) atoms. The highest BCUT2D eigenvalue weighted by atomic mass is 16.7. The number of nitrogens with zero attached hydrogens (tertiary/aromatic N) is 1. The second-order valence-electron chi connectivity index (χ2n) is 11.5. The average molecular weight is 618 g/mol. The summed E-state index contributed by atoms with van der Waals surface area (Å²) in [5.74, 6) is -0.480. The van der Waals surface area contributed by atoms with Crippen molar-refractivity contribution in [1.82, 2.24) is 15.5 Å². The third kappa shape index (κ3) is 8.90. The number of ether oxygens (including phenoxy) is 3. The Hall–Kier alpha value is -3.80. The number of likely N-dealkylation sites (tertiary alicyclic amines) is 1. The molecule has 240 valence electrons. The fourth-order valence-electron chi connectivity index (χ4n) is 5.94. The van der Waals surface area contributed by atoms with Crippen LogP contribution in [0.3, 0.4) is 0 Å². The first-order chi connectivity index (χ1) is 21.9. The molecule has 2 heterocycles. The van der Waals surface area contributed by atoms with Gasteiger partial charge in [0.05, 0.1) is 32.0 Å². The van der Waals surface area contributed by atoms with Crippen LogP contribution in [0.15, 0.2) is 72.8 Å². The summed E-state index contributed by atoms with van der Waals surface area (Å²) in [6, 6.07) is 23.6. The highest BCUT2D eigenvalue weighted by Crippen LogP contribution is 2.39. The van der Waals surface area contributed by atoms with Crippen molar-refractivity contribution in [3.05, 3.63) is 95.1 Å². The van der Waals surface area contributed by atoms with Crippen molar-refractivity contribution < 1.29 is 34.0 Å². The molecule has 0 unspecified atom stereocenters. The van der Waals surface area contributed by atoms with Gasteiger partial charge in [0.1, 0.15) is 6.54 Å². The molecule has 0 radical (unpaired) electrons. The van der Waals surface area contributed by atoms with Crippen molar-refractivity contribution in [3.8, 4) is 11.1 Å². The van der Waals surface area contributed by atoms with Crippen LogP contribution in [0.4, 0.5) is 4.79 Å². The molecular weight excluding hydrogens is 574 g/mol. The molecule has 4 N–H and O–H groups in total. The van der Waals surface area contributed by atoms with Gasteiger partial charge in [-0.15, -0.1) is 0 Å². The van der Waals surface area contributed by atoms with Gasteiger partial charge in [-0.25, -0.2) is 4.79 Å². The molecule has 2 aliphatic rings. The Morgan fingerprint density at radius 3 is 2.44 bits per heavy atom. The lowest BCUT2D eigenvalue weighted by atomic mass is 9.99. The average Bonchev–Trinajstić information content (AvgIpc) is 3.53. The largest absolute Gasteiger partial charge is 0.465 e. The van der Waals surface area contributed by atoms with E-state index in [1.807, 2.05) is 72.8 Å². The quantitative estimate of drug-likeness (QED) is 0.223. The topological polar surface area (TPSA) is 130 Å². The van der Waals surface area contributed by atoms with Gasteiger partial charge >= 0.3 is 12.0 Å². The number of hydrogen-bond donors (Lipinski definition) is 4. The van der Waals surface area contributed by atoms with E-state index in [2.05, 4.69) is 15.5 Å². The lowest BCUT2D eigenvalue weighted by molar-refractivity contribution is -0.253. The first-order valence-electron chi connectivity index (χ1n) is 15.7. The minimum Gasteiger partial charge on any atom is -0.465 e. The Morgan fingerprint density at radius 1 is 0.933 bits per heavy atom. The van der Waals surface area contributed by atoms with Crippen LogP contribution in [0, 0.1) is 0 Å². The van der Waals surface area contributed by atoms with E-state index in [0.29, 0.717) is 13.0 Å². The maximum atomic E-state index is 12.1. The number of carbonyl (C=O) groups is 2. The third-order valence-electron chi connectivity index (χ3n) is 8.36. The zero-order chi connectivity index (χ0) is 31.6. The van der Waals surface area contributed by atoms with Crippen LogP contribution < -0.4 is 10.6 Å². The van der Waals surface area contributed by atoms with Gasteiger partial charge in [0.25, 0.3) is 0 Å². The molecule has 0 spiro atoms. The highest BCUT2D eigenvalue weighted by molar-refractivity contribution is 5.80. The molecule has 0 aromatic heterocycles. The molecule has 2 aliphatic heterocycles. The van der Waals surface area contributed by atoms with E-state index < -0.39 is 18.3 Å². The van der Waals surface area contributed by atoms with Crippen molar-refractivity contribution in [2.45, 2.75) is 63.9 Å². The third-order valence-corrected chi connectivity index (χ3v) is 8.36. The predicted octanol–water partition coefficient (Wildman–Crippen LogP) is 4.21. The molecule has 0 aliphatic carbocycles. The molecule has 0 bridgehead atoms. The van der Waals surface area contributed by atoms with E-state index in [0.717, 1.165) is 59.3 Å². The van der Waals surface area contributed by atoms with Crippen molar-refractivity contribution in [3.63, 3.8) is 0 Å². The minimum atomic E-state index is -0.556. The van der Waals surface area contributed by atoms with Crippen LogP contribution in [-0.2, 0) is 32.2 Å². The molecule has 0 saturated carbocycles. The number of nitrogens with one attached hydrogen (secondary N) is 2. The maximum Gasteiger partial charge on any atom is 0.325 e. The smallest absolute Gasteiger partial charge is 0.325 e. The number of rotatable bonds is 12. The van der Waals surface area contributed by atoms with Crippen molar-refractivity contribution in [1.29, 1.82) is 0 Å². The summed E-state index contributed by atoms with van der Waals surface area (Å²) in [6.07, 6.45) is 1.97. The maximum absolute atomic E-state index is 12.1. The molecule has 3 aromatic rings. The summed E-state index contributed by atoms with van der Waals surface area (Å²) in [6.45, 7) is 3.94. The van der Waals surface area contributed by atoms with Gasteiger partial charge in [-0.3, -0.25) is 9.69 Å². The number of urea groups is 1. The second kappa shape index (κ2) is 16.0. The normalized spacial score (nSPS) is 21.8. The summed E-state index contributed by atoms with van der Waals surface area (Å²) in [7, 11) is 0. The summed E-state index contributed by atoms with van der Waals surface area (Å²) < 4.78 is 17.9. The molecule has 2 fully saturated rings. The van der Waals surface area contributed by atoms with Crippen molar-refractivity contribution in [2.24, 2.45) is 0 Å². The standard InChI is InChI=1S/C35H43N3O7/c1-2-43-33(41)20-37-35(42)36-19-25-5-3-6-29(17-25)26-12-14-28(15-13-26)34-44-31(21-38-16-4-7-30(38)23-40)18-32(45-34)27-10-8-24(22-39)9-11-27/h3,5-6,8-15,17,30-32,34,39-40H,2,4,7,16,18-23H2,1H3,(H2,36,37,42)/t30-,31+,32-,34-/m0/s1. The lowest BCUT2D eigenvalue weighted by Crippen LogP contribution is -2.42. The van der Waals surface area contributed by atoms with Crippen LogP contribution in [0.25, 0.3) is 11.1 Å². The van der Waals surface area contributed by atoms with E-state index in [9.17, 15) is 19.8 Å². The predicted molar refractivity (Wildman–Crippen MR) is 169 cm³/mol. The SMILES string of the molecule is CCOC(=O)CNC(=O)NCc1cccc(-c2ccc([C@H]3O[C@@H](CN4CCC[C@H]4CO)C[C@@H](c4ccc(CO)cc4)O3)cc2)c1.